The van der Waals surface area contributed by atoms with E-state index in [1.807, 2.05) is 23.1 Å². The fourth-order valence-corrected chi connectivity index (χ4v) is 4.38. The molecular formula is C23H24N2O3. The number of carbonyl (C=O) groups excluding carboxylic acids is 1. The lowest BCUT2D eigenvalue weighted by molar-refractivity contribution is -0.132. The monoisotopic (exact) mass is 376 g/mol. The van der Waals surface area contributed by atoms with E-state index in [0.29, 0.717) is 12.3 Å². The standard InChI is InChI=1S/C23H24N2O3/c26-23(8-6-16-5-7-21-22(13-16)28-15-27-21)25-11-9-17(10-12-25)19-14-24-20-4-2-1-3-18(19)20/h1-5,7,13-14,17,24H,6,8-12,15H2. The molecule has 5 heteroatoms. The number of H-pyrrole nitrogens is 1. The molecule has 3 heterocycles. The zero-order valence-electron chi connectivity index (χ0n) is 15.8. The summed E-state index contributed by atoms with van der Waals surface area (Å²) < 4.78 is 10.8. The van der Waals surface area contributed by atoms with Crippen LogP contribution in [-0.2, 0) is 11.2 Å². The van der Waals surface area contributed by atoms with E-state index in [1.54, 1.807) is 0 Å². The minimum Gasteiger partial charge on any atom is -0.454 e. The SMILES string of the molecule is O=C(CCc1ccc2c(c1)OCO2)N1CCC(c2c[nH]c3ccccc23)CC1. The number of fused-ring (bicyclic) bond motifs is 2. The van der Waals surface area contributed by atoms with E-state index < -0.39 is 0 Å². The van der Waals surface area contributed by atoms with Crippen molar-refractivity contribution in [1.29, 1.82) is 0 Å². The first-order chi connectivity index (χ1) is 13.8. The fraction of sp³-hybridized carbons (Fsp3) is 0.348. The molecule has 5 nitrogen and oxygen atoms in total. The van der Waals surface area contributed by atoms with Crippen LogP contribution in [0.4, 0.5) is 0 Å². The summed E-state index contributed by atoms with van der Waals surface area (Å²) in [5, 5.41) is 1.31. The summed E-state index contributed by atoms with van der Waals surface area (Å²) in [6.45, 7) is 1.96. The summed E-state index contributed by atoms with van der Waals surface area (Å²) >= 11 is 0. The molecule has 1 aromatic heterocycles. The van der Waals surface area contributed by atoms with Gasteiger partial charge < -0.3 is 19.4 Å². The summed E-state index contributed by atoms with van der Waals surface area (Å²) in [7, 11) is 0. The van der Waals surface area contributed by atoms with Gasteiger partial charge in [-0.15, -0.1) is 0 Å². The van der Waals surface area contributed by atoms with Crippen molar-refractivity contribution in [2.75, 3.05) is 19.9 Å². The van der Waals surface area contributed by atoms with Gasteiger partial charge in [0.05, 0.1) is 0 Å². The van der Waals surface area contributed by atoms with E-state index in [1.165, 1.54) is 16.5 Å². The molecule has 0 unspecified atom stereocenters. The summed E-state index contributed by atoms with van der Waals surface area (Å²) in [5.74, 6) is 2.34. The Morgan fingerprint density at radius 2 is 1.89 bits per heavy atom. The number of hydrogen-bond acceptors (Lipinski definition) is 3. The number of nitrogens with zero attached hydrogens (tertiary/aromatic N) is 1. The van der Waals surface area contributed by atoms with E-state index >= 15 is 0 Å². The second kappa shape index (κ2) is 7.23. The number of aromatic amines is 1. The first kappa shape index (κ1) is 17.2. The fourth-order valence-electron chi connectivity index (χ4n) is 4.38. The number of nitrogens with one attached hydrogen (secondary N) is 1. The summed E-state index contributed by atoms with van der Waals surface area (Å²) in [6, 6.07) is 14.4. The van der Waals surface area contributed by atoms with Crippen LogP contribution in [0.15, 0.2) is 48.7 Å². The van der Waals surface area contributed by atoms with E-state index in [0.717, 1.165) is 49.4 Å². The van der Waals surface area contributed by atoms with Crippen LogP contribution in [0, 0.1) is 0 Å². The Hall–Kier alpha value is -2.95. The Kier molecular flexibility index (Phi) is 4.43. The van der Waals surface area contributed by atoms with E-state index in [2.05, 4.69) is 35.4 Å². The van der Waals surface area contributed by atoms with Gasteiger partial charge in [0, 0.05) is 36.6 Å². The molecule has 5 rings (SSSR count). The number of aryl methyl sites for hydroxylation is 1. The van der Waals surface area contributed by atoms with Crippen molar-refractivity contribution in [3.8, 4) is 11.5 Å². The lowest BCUT2D eigenvalue weighted by Gasteiger charge is -2.32. The maximum Gasteiger partial charge on any atom is 0.231 e. The van der Waals surface area contributed by atoms with Gasteiger partial charge in [0.1, 0.15) is 0 Å². The molecule has 1 amide bonds. The summed E-state index contributed by atoms with van der Waals surface area (Å²) in [6.07, 6.45) is 5.47. The van der Waals surface area contributed by atoms with Gasteiger partial charge >= 0.3 is 0 Å². The van der Waals surface area contributed by atoms with Crippen LogP contribution in [0.1, 0.15) is 36.3 Å². The molecule has 3 aromatic rings. The molecule has 0 bridgehead atoms. The number of carbonyl (C=O) groups is 1. The molecule has 0 saturated carbocycles. The van der Waals surface area contributed by atoms with Gasteiger partial charge in [0.25, 0.3) is 0 Å². The van der Waals surface area contributed by atoms with Crippen molar-refractivity contribution in [3.63, 3.8) is 0 Å². The minimum absolute atomic E-state index is 0.245. The molecule has 2 aromatic carbocycles. The Morgan fingerprint density at radius 3 is 2.79 bits per heavy atom. The molecule has 1 N–H and O–H groups in total. The zero-order chi connectivity index (χ0) is 18.9. The third-order valence-corrected chi connectivity index (χ3v) is 5.97. The van der Waals surface area contributed by atoms with E-state index in [9.17, 15) is 4.79 Å². The lowest BCUT2D eigenvalue weighted by atomic mass is 9.89. The van der Waals surface area contributed by atoms with Crippen LogP contribution >= 0.6 is 0 Å². The number of aromatic nitrogens is 1. The molecule has 144 valence electrons. The average Bonchev–Trinajstić information content (AvgIpc) is 3.38. The normalized spacial score (nSPS) is 16.6. The van der Waals surface area contributed by atoms with Crippen molar-refractivity contribution >= 4 is 16.8 Å². The predicted molar refractivity (Wildman–Crippen MR) is 108 cm³/mol. The van der Waals surface area contributed by atoms with Crippen LogP contribution in [0.25, 0.3) is 10.9 Å². The Balaban J connectivity index is 1.17. The number of likely N-dealkylation sites (tertiary alicyclic amines) is 1. The van der Waals surface area contributed by atoms with Crippen LogP contribution in [0.2, 0.25) is 0 Å². The first-order valence-corrected chi connectivity index (χ1v) is 10.0. The molecule has 0 aliphatic carbocycles. The topological polar surface area (TPSA) is 54.6 Å². The van der Waals surface area contributed by atoms with Crippen LogP contribution in [-0.4, -0.2) is 35.7 Å². The number of rotatable bonds is 4. The maximum absolute atomic E-state index is 12.7. The smallest absolute Gasteiger partial charge is 0.231 e. The quantitative estimate of drug-likeness (QED) is 0.741. The highest BCUT2D eigenvalue weighted by atomic mass is 16.7. The largest absolute Gasteiger partial charge is 0.454 e. The van der Waals surface area contributed by atoms with Gasteiger partial charge in [-0.05, 0) is 54.5 Å². The molecule has 0 radical (unpaired) electrons. The molecule has 0 atom stereocenters. The number of piperidine rings is 1. The van der Waals surface area contributed by atoms with E-state index in [-0.39, 0.29) is 12.7 Å². The van der Waals surface area contributed by atoms with Gasteiger partial charge in [0.15, 0.2) is 11.5 Å². The van der Waals surface area contributed by atoms with Crippen molar-refractivity contribution < 1.29 is 14.3 Å². The van der Waals surface area contributed by atoms with E-state index in [4.69, 9.17) is 9.47 Å². The van der Waals surface area contributed by atoms with Crippen molar-refractivity contribution in [2.24, 2.45) is 0 Å². The zero-order valence-corrected chi connectivity index (χ0v) is 15.8. The molecule has 0 spiro atoms. The van der Waals surface area contributed by atoms with Gasteiger partial charge in [-0.25, -0.2) is 0 Å². The van der Waals surface area contributed by atoms with Crippen molar-refractivity contribution in [1.82, 2.24) is 9.88 Å². The Morgan fingerprint density at radius 1 is 1.07 bits per heavy atom. The Bertz CT molecular complexity index is 1000. The highest BCUT2D eigenvalue weighted by Crippen LogP contribution is 2.34. The minimum atomic E-state index is 0.245. The Labute approximate surface area is 164 Å². The highest BCUT2D eigenvalue weighted by molar-refractivity contribution is 5.83. The highest BCUT2D eigenvalue weighted by Gasteiger charge is 2.25. The molecule has 2 aliphatic heterocycles. The molecule has 2 aliphatic rings. The molecule has 1 saturated heterocycles. The average molecular weight is 376 g/mol. The number of ether oxygens (including phenoxy) is 2. The number of benzene rings is 2. The summed E-state index contributed by atoms with van der Waals surface area (Å²) in [4.78, 5) is 18.1. The maximum atomic E-state index is 12.7. The second-order valence-corrected chi connectivity index (χ2v) is 7.63. The van der Waals surface area contributed by atoms with Crippen LogP contribution in [0.5, 0.6) is 11.5 Å². The third-order valence-electron chi connectivity index (χ3n) is 5.97. The molecular weight excluding hydrogens is 352 g/mol. The number of hydrogen-bond donors (Lipinski definition) is 1. The van der Waals surface area contributed by atoms with Gasteiger partial charge in [0.2, 0.25) is 12.7 Å². The lowest BCUT2D eigenvalue weighted by Crippen LogP contribution is -2.38. The molecule has 28 heavy (non-hydrogen) atoms. The van der Waals surface area contributed by atoms with Crippen molar-refractivity contribution in [3.05, 3.63) is 59.8 Å². The molecule has 1 fully saturated rings. The number of amides is 1. The third kappa shape index (κ3) is 3.21. The van der Waals surface area contributed by atoms with Crippen LogP contribution < -0.4 is 9.47 Å². The summed E-state index contributed by atoms with van der Waals surface area (Å²) in [5.41, 5.74) is 3.70. The van der Waals surface area contributed by atoms with Crippen molar-refractivity contribution in [2.45, 2.75) is 31.6 Å². The van der Waals surface area contributed by atoms with Gasteiger partial charge in [-0.2, -0.15) is 0 Å². The predicted octanol–water partition coefficient (Wildman–Crippen LogP) is 4.24. The second-order valence-electron chi connectivity index (χ2n) is 7.63. The first-order valence-electron chi connectivity index (χ1n) is 10.0. The van der Waals surface area contributed by atoms with Crippen LogP contribution in [0.3, 0.4) is 0 Å². The van der Waals surface area contributed by atoms with Gasteiger partial charge in [-0.3, -0.25) is 4.79 Å². The number of para-hydroxylation sites is 1. The van der Waals surface area contributed by atoms with Gasteiger partial charge in [-0.1, -0.05) is 24.3 Å².